The Kier molecular flexibility index (Phi) is 3.85. The first-order valence-corrected chi connectivity index (χ1v) is 6.74. The Hall–Kier alpha value is -0.570. The number of nitrogens with one attached hydrogen (secondary N) is 1. The normalized spacial score (nSPS) is 24.8. The summed E-state index contributed by atoms with van der Waals surface area (Å²) in [6.45, 7) is 0.870. The summed E-state index contributed by atoms with van der Waals surface area (Å²) in [7, 11) is 0. The highest BCUT2D eigenvalue weighted by Crippen LogP contribution is 2.30. The van der Waals surface area contributed by atoms with Gasteiger partial charge in [0.15, 0.2) is 0 Å². The van der Waals surface area contributed by atoms with Crippen LogP contribution in [0.2, 0.25) is 0 Å². The van der Waals surface area contributed by atoms with Crippen molar-refractivity contribution in [2.45, 2.75) is 63.3 Å². The quantitative estimate of drug-likeness (QED) is 0.767. The highest BCUT2D eigenvalue weighted by Gasteiger charge is 2.31. The SMILES string of the molecule is NC1(CC(=O)NCC2CCCC2)CCCC1. The van der Waals surface area contributed by atoms with Crippen molar-refractivity contribution in [3.05, 3.63) is 0 Å². The van der Waals surface area contributed by atoms with E-state index in [1.807, 2.05) is 0 Å². The van der Waals surface area contributed by atoms with Crippen LogP contribution >= 0.6 is 0 Å². The third-order valence-electron chi connectivity index (χ3n) is 4.17. The van der Waals surface area contributed by atoms with Crippen molar-refractivity contribution in [2.24, 2.45) is 11.7 Å². The molecule has 0 aromatic rings. The molecule has 2 fully saturated rings. The number of hydrogen-bond acceptors (Lipinski definition) is 2. The van der Waals surface area contributed by atoms with Crippen LogP contribution in [0, 0.1) is 5.92 Å². The van der Waals surface area contributed by atoms with Crippen LogP contribution < -0.4 is 11.1 Å². The van der Waals surface area contributed by atoms with Crippen LogP contribution in [0.4, 0.5) is 0 Å². The van der Waals surface area contributed by atoms with Gasteiger partial charge in [0, 0.05) is 18.5 Å². The lowest BCUT2D eigenvalue weighted by Gasteiger charge is -2.23. The summed E-state index contributed by atoms with van der Waals surface area (Å²) in [4.78, 5) is 11.8. The van der Waals surface area contributed by atoms with Gasteiger partial charge < -0.3 is 11.1 Å². The van der Waals surface area contributed by atoms with Crippen molar-refractivity contribution in [3.8, 4) is 0 Å². The van der Waals surface area contributed by atoms with Gasteiger partial charge in [-0.2, -0.15) is 0 Å². The smallest absolute Gasteiger partial charge is 0.221 e. The van der Waals surface area contributed by atoms with E-state index in [2.05, 4.69) is 5.32 Å². The van der Waals surface area contributed by atoms with Crippen molar-refractivity contribution in [1.82, 2.24) is 5.32 Å². The molecule has 0 unspecified atom stereocenters. The molecule has 0 heterocycles. The zero-order valence-electron chi connectivity index (χ0n) is 10.1. The van der Waals surface area contributed by atoms with Crippen molar-refractivity contribution in [2.75, 3.05) is 6.54 Å². The van der Waals surface area contributed by atoms with E-state index in [4.69, 9.17) is 5.73 Å². The molecule has 0 bridgehead atoms. The molecule has 0 atom stereocenters. The van der Waals surface area contributed by atoms with Gasteiger partial charge in [0.05, 0.1) is 0 Å². The van der Waals surface area contributed by atoms with Gasteiger partial charge in [0.25, 0.3) is 0 Å². The second-order valence-electron chi connectivity index (χ2n) is 5.70. The standard InChI is InChI=1S/C13H24N2O/c14-13(7-3-4-8-13)9-12(16)15-10-11-5-1-2-6-11/h11H,1-10,14H2,(H,15,16). The molecule has 0 aromatic heterocycles. The van der Waals surface area contributed by atoms with Gasteiger partial charge in [-0.05, 0) is 31.6 Å². The summed E-state index contributed by atoms with van der Waals surface area (Å²) in [5.41, 5.74) is 5.99. The molecule has 0 saturated heterocycles. The fourth-order valence-corrected chi connectivity index (χ4v) is 3.11. The van der Waals surface area contributed by atoms with E-state index in [1.165, 1.54) is 38.5 Å². The zero-order valence-corrected chi connectivity index (χ0v) is 10.1. The van der Waals surface area contributed by atoms with Crippen LogP contribution in [0.15, 0.2) is 0 Å². The predicted octanol–water partition coefficient (Wildman–Crippen LogP) is 1.95. The minimum absolute atomic E-state index is 0.163. The molecule has 16 heavy (non-hydrogen) atoms. The third kappa shape index (κ3) is 3.21. The molecular weight excluding hydrogens is 200 g/mol. The van der Waals surface area contributed by atoms with Crippen LogP contribution in [0.1, 0.15) is 57.8 Å². The van der Waals surface area contributed by atoms with E-state index >= 15 is 0 Å². The van der Waals surface area contributed by atoms with Gasteiger partial charge in [0.2, 0.25) is 5.91 Å². The molecule has 2 aliphatic rings. The second-order valence-corrected chi connectivity index (χ2v) is 5.70. The first-order chi connectivity index (χ1) is 7.68. The van der Waals surface area contributed by atoms with Crippen LogP contribution in [-0.2, 0) is 4.79 Å². The monoisotopic (exact) mass is 224 g/mol. The molecule has 0 aromatic carbocycles. The van der Waals surface area contributed by atoms with Crippen LogP contribution in [0.5, 0.6) is 0 Å². The molecule has 92 valence electrons. The molecule has 0 spiro atoms. The molecule has 0 radical (unpaired) electrons. The topological polar surface area (TPSA) is 55.1 Å². The fourth-order valence-electron chi connectivity index (χ4n) is 3.11. The Balaban J connectivity index is 1.67. The summed E-state index contributed by atoms with van der Waals surface area (Å²) in [6, 6.07) is 0. The molecule has 2 rings (SSSR count). The molecule has 3 nitrogen and oxygen atoms in total. The summed E-state index contributed by atoms with van der Waals surface area (Å²) in [5.74, 6) is 0.887. The number of nitrogens with two attached hydrogens (primary N) is 1. The predicted molar refractivity (Wildman–Crippen MR) is 65.0 cm³/mol. The van der Waals surface area contributed by atoms with E-state index in [0.717, 1.165) is 25.3 Å². The maximum Gasteiger partial charge on any atom is 0.221 e. The maximum absolute atomic E-state index is 11.8. The Labute approximate surface area is 98.2 Å². The van der Waals surface area contributed by atoms with Crippen molar-refractivity contribution in [1.29, 1.82) is 0 Å². The third-order valence-corrected chi connectivity index (χ3v) is 4.17. The van der Waals surface area contributed by atoms with Crippen LogP contribution in [0.3, 0.4) is 0 Å². The van der Waals surface area contributed by atoms with E-state index < -0.39 is 0 Å². The van der Waals surface area contributed by atoms with Gasteiger partial charge >= 0.3 is 0 Å². The number of carbonyl (C=O) groups is 1. The molecule has 2 saturated carbocycles. The molecule has 3 heteroatoms. The Bertz CT molecular complexity index is 240. The Morgan fingerprint density at radius 2 is 1.81 bits per heavy atom. The van der Waals surface area contributed by atoms with Crippen molar-refractivity contribution in [3.63, 3.8) is 0 Å². The first kappa shape index (κ1) is 11.9. The number of hydrogen-bond donors (Lipinski definition) is 2. The van der Waals surface area contributed by atoms with Crippen LogP contribution in [-0.4, -0.2) is 18.0 Å². The first-order valence-electron chi connectivity index (χ1n) is 6.74. The Morgan fingerprint density at radius 1 is 1.19 bits per heavy atom. The highest BCUT2D eigenvalue weighted by molar-refractivity contribution is 5.77. The van der Waals surface area contributed by atoms with E-state index in [9.17, 15) is 4.79 Å². The second kappa shape index (κ2) is 5.17. The summed E-state index contributed by atoms with van der Waals surface area (Å²) >= 11 is 0. The fraction of sp³-hybridized carbons (Fsp3) is 0.923. The molecular formula is C13H24N2O. The summed E-state index contributed by atoms with van der Waals surface area (Å²) in [5, 5.41) is 3.06. The molecule has 1 amide bonds. The lowest BCUT2D eigenvalue weighted by Crippen LogP contribution is -2.42. The molecule has 2 aliphatic carbocycles. The van der Waals surface area contributed by atoms with E-state index in [-0.39, 0.29) is 11.4 Å². The maximum atomic E-state index is 11.8. The Morgan fingerprint density at radius 3 is 2.44 bits per heavy atom. The van der Waals surface area contributed by atoms with Gasteiger partial charge in [-0.25, -0.2) is 0 Å². The minimum atomic E-state index is -0.195. The van der Waals surface area contributed by atoms with Crippen molar-refractivity contribution >= 4 is 5.91 Å². The summed E-state index contributed by atoms with van der Waals surface area (Å²) < 4.78 is 0. The van der Waals surface area contributed by atoms with E-state index in [1.54, 1.807) is 0 Å². The molecule has 0 aliphatic heterocycles. The van der Waals surface area contributed by atoms with Gasteiger partial charge in [-0.1, -0.05) is 25.7 Å². The molecule has 3 N–H and O–H groups in total. The van der Waals surface area contributed by atoms with Crippen molar-refractivity contribution < 1.29 is 4.79 Å². The average Bonchev–Trinajstić information content (AvgIpc) is 2.86. The number of carbonyl (C=O) groups excluding carboxylic acids is 1. The zero-order chi connectivity index (χ0) is 11.4. The average molecular weight is 224 g/mol. The van der Waals surface area contributed by atoms with Crippen LogP contribution in [0.25, 0.3) is 0 Å². The van der Waals surface area contributed by atoms with Gasteiger partial charge in [-0.15, -0.1) is 0 Å². The lowest BCUT2D eigenvalue weighted by atomic mass is 9.94. The van der Waals surface area contributed by atoms with E-state index in [0.29, 0.717) is 6.42 Å². The van der Waals surface area contributed by atoms with Gasteiger partial charge in [0.1, 0.15) is 0 Å². The minimum Gasteiger partial charge on any atom is -0.356 e. The van der Waals surface area contributed by atoms with Gasteiger partial charge in [-0.3, -0.25) is 4.79 Å². The number of rotatable bonds is 4. The highest BCUT2D eigenvalue weighted by atomic mass is 16.1. The number of amides is 1. The lowest BCUT2D eigenvalue weighted by molar-refractivity contribution is -0.122. The summed E-state index contributed by atoms with van der Waals surface area (Å²) in [6.07, 6.45) is 10.2. The largest absolute Gasteiger partial charge is 0.356 e.